The Morgan fingerprint density at radius 3 is 2.42 bits per heavy atom. The van der Waals surface area contributed by atoms with Crippen molar-refractivity contribution in [3.05, 3.63) is 24.2 Å². The van der Waals surface area contributed by atoms with Crippen molar-refractivity contribution in [3.8, 4) is 0 Å². The van der Waals surface area contributed by atoms with Crippen LogP contribution in [0.25, 0.3) is 0 Å². The molecule has 0 aliphatic heterocycles. The molecular formula is C16H30N2O. The first kappa shape index (κ1) is 16.3. The van der Waals surface area contributed by atoms with Gasteiger partial charge in [-0.05, 0) is 51.8 Å². The maximum absolute atomic E-state index is 5.41. The highest BCUT2D eigenvalue weighted by Gasteiger charge is 2.26. The number of nitrogens with zero attached hydrogens (tertiary/aromatic N) is 1. The molecule has 1 heterocycles. The molecule has 1 aromatic rings. The van der Waals surface area contributed by atoms with Crippen molar-refractivity contribution in [2.45, 2.75) is 53.1 Å². The summed E-state index contributed by atoms with van der Waals surface area (Å²) in [5, 5.41) is 3.63. The van der Waals surface area contributed by atoms with Crippen molar-refractivity contribution in [2.75, 3.05) is 20.1 Å². The zero-order chi connectivity index (χ0) is 14.5. The van der Waals surface area contributed by atoms with Crippen LogP contribution in [-0.2, 0) is 6.54 Å². The molecule has 0 aliphatic carbocycles. The Hall–Kier alpha value is -0.800. The average molecular weight is 266 g/mol. The quantitative estimate of drug-likeness (QED) is 0.818. The fraction of sp³-hybridized carbons (Fsp3) is 0.750. The van der Waals surface area contributed by atoms with E-state index in [1.807, 2.05) is 12.1 Å². The Balaban J connectivity index is 2.49. The SMILES string of the molecule is CCC(C)(CNC(C)(C)C)CN(C)Cc1ccco1. The van der Waals surface area contributed by atoms with Gasteiger partial charge in [-0.15, -0.1) is 0 Å². The van der Waals surface area contributed by atoms with Gasteiger partial charge in [0.05, 0.1) is 12.8 Å². The van der Waals surface area contributed by atoms with Crippen LogP contribution in [0.4, 0.5) is 0 Å². The summed E-state index contributed by atoms with van der Waals surface area (Å²) >= 11 is 0. The summed E-state index contributed by atoms with van der Waals surface area (Å²) in [5.74, 6) is 1.03. The lowest BCUT2D eigenvalue weighted by atomic mass is 9.86. The van der Waals surface area contributed by atoms with Crippen LogP contribution in [-0.4, -0.2) is 30.6 Å². The lowest BCUT2D eigenvalue weighted by Crippen LogP contribution is -2.46. The molecule has 19 heavy (non-hydrogen) atoms. The third-order valence-electron chi connectivity index (χ3n) is 3.56. The van der Waals surface area contributed by atoms with Crippen molar-refractivity contribution >= 4 is 0 Å². The highest BCUT2D eigenvalue weighted by Crippen LogP contribution is 2.23. The second-order valence-electron chi connectivity index (χ2n) is 7.02. The molecule has 0 aliphatic rings. The molecule has 0 saturated heterocycles. The van der Waals surface area contributed by atoms with E-state index in [1.54, 1.807) is 6.26 Å². The number of furan rings is 1. The van der Waals surface area contributed by atoms with E-state index in [0.29, 0.717) is 0 Å². The van der Waals surface area contributed by atoms with E-state index in [9.17, 15) is 0 Å². The summed E-state index contributed by atoms with van der Waals surface area (Å²) in [4.78, 5) is 2.34. The summed E-state index contributed by atoms with van der Waals surface area (Å²) < 4.78 is 5.41. The highest BCUT2D eigenvalue weighted by molar-refractivity contribution is 4.98. The van der Waals surface area contributed by atoms with Crippen molar-refractivity contribution < 1.29 is 4.42 Å². The second kappa shape index (κ2) is 6.58. The maximum atomic E-state index is 5.41. The average Bonchev–Trinajstić information content (AvgIpc) is 2.78. The monoisotopic (exact) mass is 266 g/mol. The van der Waals surface area contributed by atoms with Gasteiger partial charge >= 0.3 is 0 Å². The Morgan fingerprint density at radius 1 is 1.26 bits per heavy atom. The lowest BCUT2D eigenvalue weighted by Gasteiger charge is -2.36. The van der Waals surface area contributed by atoms with Gasteiger partial charge in [0.15, 0.2) is 0 Å². The van der Waals surface area contributed by atoms with E-state index in [-0.39, 0.29) is 11.0 Å². The first-order valence-corrected chi connectivity index (χ1v) is 7.20. The standard InChI is InChI=1S/C16H30N2O/c1-7-16(5,12-17-15(2,3)4)13-18(6)11-14-9-8-10-19-14/h8-10,17H,7,11-13H2,1-6H3. The van der Waals surface area contributed by atoms with E-state index >= 15 is 0 Å². The highest BCUT2D eigenvalue weighted by atomic mass is 16.3. The smallest absolute Gasteiger partial charge is 0.117 e. The Bertz CT molecular complexity index is 353. The van der Waals surface area contributed by atoms with Crippen molar-refractivity contribution in [1.82, 2.24) is 10.2 Å². The van der Waals surface area contributed by atoms with Crippen LogP contribution in [0.2, 0.25) is 0 Å². The molecule has 3 nitrogen and oxygen atoms in total. The zero-order valence-corrected chi connectivity index (χ0v) is 13.4. The topological polar surface area (TPSA) is 28.4 Å². The summed E-state index contributed by atoms with van der Waals surface area (Å²) in [6.45, 7) is 14.2. The van der Waals surface area contributed by atoms with E-state index in [1.165, 1.54) is 6.42 Å². The molecule has 0 spiro atoms. The normalized spacial score (nSPS) is 15.7. The maximum Gasteiger partial charge on any atom is 0.117 e. The Kier molecular flexibility index (Phi) is 5.63. The number of rotatable bonds is 7. The largest absolute Gasteiger partial charge is 0.468 e. The van der Waals surface area contributed by atoms with Gasteiger partial charge in [0, 0.05) is 18.6 Å². The predicted octanol–water partition coefficient (Wildman–Crippen LogP) is 3.52. The van der Waals surface area contributed by atoms with Crippen LogP contribution in [0.1, 0.15) is 46.8 Å². The van der Waals surface area contributed by atoms with Gasteiger partial charge in [-0.25, -0.2) is 0 Å². The molecule has 1 atom stereocenters. The fourth-order valence-electron chi connectivity index (χ4n) is 2.15. The van der Waals surface area contributed by atoms with Crippen LogP contribution in [0.3, 0.4) is 0 Å². The van der Waals surface area contributed by atoms with Gasteiger partial charge in [0.2, 0.25) is 0 Å². The first-order chi connectivity index (χ1) is 8.74. The zero-order valence-electron chi connectivity index (χ0n) is 13.4. The van der Waals surface area contributed by atoms with Gasteiger partial charge in [0.1, 0.15) is 5.76 Å². The number of hydrogen-bond acceptors (Lipinski definition) is 3. The van der Waals surface area contributed by atoms with Crippen LogP contribution < -0.4 is 5.32 Å². The molecule has 0 fully saturated rings. The van der Waals surface area contributed by atoms with Gasteiger partial charge in [-0.3, -0.25) is 4.90 Å². The molecule has 1 unspecified atom stereocenters. The van der Waals surface area contributed by atoms with Crippen LogP contribution >= 0.6 is 0 Å². The Morgan fingerprint density at radius 2 is 1.95 bits per heavy atom. The summed E-state index contributed by atoms with van der Waals surface area (Å²) in [7, 11) is 2.16. The summed E-state index contributed by atoms with van der Waals surface area (Å²) in [6.07, 6.45) is 2.90. The predicted molar refractivity (Wildman–Crippen MR) is 81.2 cm³/mol. The minimum atomic E-state index is 0.177. The molecule has 3 heteroatoms. The van der Waals surface area contributed by atoms with E-state index < -0.39 is 0 Å². The molecular weight excluding hydrogens is 236 g/mol. The van der Waals surface area contributed by atoms with Crippen molar-refractivity contribution in [3.63, 3.8) is 0 Å². The van der Waals surface area contributed by atoms with Gasteiger partial charge in [0.25, 0.3) is 0 Å². The molecule has 0 bridgehead atoms. The van der Waals surface area contributed by atoms with Crippen molar-refractivity contribution in [2.24, 2.45) is 5.41 Å². The van der Waals surface area contributed by atoms with Crippen molar-refractivity contribution in [1.29, 1.82) is 0 Å². The molecule has 0 aromatic carbocycles. The molecule has 1 rings (SSSR count). The third kappa shape index (κ3) is 6.26. The summed E-state index contributed by atoms with van der Waals surface area (Å²) in [5.41, 5.74) is 0.463. The lowest BCUT2D eigenvalue weighted by molar-refractivity contribution is 0.157. The van der Waals surface area contributed by atoms with Crippen LogP contribution in [0.5, 0.6) is 0 Å². The third-order valence-corrected chi connectivity index (χ3v) is 3.56. The number of nitrogens with one attached hydrogen (secondary N) is 1. The first-order valence-electron chi connectivity index (χ1n) is 7.20. The van der Waals surface area contributed by atoms with E-state index in [0.717, 1.165) is 25.4 Å². The molecule has 1 N–H and O–H groups in total. The van der Waals surface area contributed by atoms with Crippen LogP contribution in [0.15, 0.2) is 22.8 Å². The Labute approximate surface area is 118 Å². The van der Waals surface area contributed by atoms with Gasteiger partial charge < -0.3 is 9.73 Å². The van der Waals surface area contributed by atoms with E-state index in [4.69, 9.17) is 4.42 Å². The summed E-state index contributed by atoms with van der Waals surface area (Å²) in [6, 6.07) is 3.98. The van der Waals surface area contributed by atoms with Gasteiger partial charge in [-0.1, -0.05) is 13.8 Å². The minimum Gasteiger partial charge on any atom is -0.468 e. The molecule has 1 aromatic heterocycles. The molecule has 0 amide bonds. The molecule has 0 radical (unpaired) electrons. The number of hydrogen-bond donors (Lipinski definition) is 1. The van der Waals surface area contributed by atoms with E-state index in [2.05, 4.69) is 51.9 Å². The van der Waals surface area contributed by atoms with Crippen LogP contribution in [0, 0.1) is 5.41 Å². The fourth-order valence-corrected chi connectivity index (χ4v) is 2.15. The minimum absolute atomic E-state index is 0.177. The van der Waals surface area contributed by atoms with Gasteiger partial charge in [-0.2, -0.15) is 0 Å². The molecule has 110 valence electrons. The molecule has 0 saturated carbocycles. The second-order valence-corrected chi connectivity index (χ2v) is 7.02.